The Morgan fingerprint density at radius 1 is 1.09 bits per heavy atom. The summed E-state index contributed by atoms with van der Waals surface area (Å²) >= 11 is 6.16. The first-order valence-corrected chi connectivity index (χ1v) is 12.4. The number of carbonyl (C=O) groups is 1. The number of nitrogens with one attached hydrogen (secondary N) is 1. The number of hydrogen-bond donors (Lipinski definition) is 1. The molecule has 0 aromatic heterocycles. The molecule has 1 saturated heterocycles. The highest BCUT2D eigenvalue weighted by atomic mass is 35.5. The standard InChI is InChI=1S/C27H35ClN2O2/c1-32-18-17-30-25-11-5-10-24(29-16-6-9-20-7-3-2-4-8-20)27(25)23(19-26(30)31)21-12-14-22(28)15-13-21/h2-4,7-8,12-15,23-25,27,29H,5-6,9-11,16-19H2,1H3/t23-,24+,25-,27+/m1/s1. The van der Waals surface area contributed by atoms with Crippen molar-refractivity contribution in [3.63, 3.8) is 0 Å². The van der Waals surface area contributed by atoms with Crippen molar-refractivity contribution in [3.05, 3.63) is 70.7 Å². The molecule has 0 radical (unpaired) electrons. The van der Waals surface area contributed by atoms with Crippen LogP contribution in [0.2, 0.25) is 5.02 Å². The SMILES string of the molecule is COCCN1C(=O)C[C@H](c2ccc(Cl)cc2)[C@H]2[C@@H](NCCCc3ccccc3)CCC[C@H]21. The van der Waals surface area contributed by atoms with E-state index in [9.17, 15) is 4.79 Å². The van der Waals surface area contributed by atoms with Crippen LogP contribution in [0.4, 0.5) is 0 Å². The third kappa shape index (κ3) is 5.54. The predicted molar refractivity (Wildman–Crippen MR) is 130 cm³/mol. The number of aryl methyl sites for hydroxylation is 1. The van der Waals surface area contributed by atoms with Crippen LogP contribution in [-0.4, -0.2) is 49.7 Å². The third-order valence-corrected chi connectivity index (χ3v) is 7.48. The van der Waals surface area contributed by atoms with Gasteiger partial charge in [0.1, 0.15) is 0 Å². The fraction of sp³-hybridized carbons (Fsp3) is 0.519. The van der Waals surface area contributed by atoms with Crippen LogP contribution in [0.15, 0.2) is 54.6 Å². The Morgan fingerprint density at radius 2 is 1.88 bits per heavy atom. The summed E-state index contributed by atoms with van der Waals surface area (Å²) in [7, 11) is 1.71. The highest BCUT2D eigenvalue weighted by molar-refractivity contribution is 6.30. The summed E-state index contributed by atoms with van der Waals surface area (Å²) < 4.78 is 5.32. The second kappa shape index (κ2) is 11.3. The maximum absolute atomic E-state index is 13.2. The maximum atomic E-state index is 13.2. The van der Waals surface area contributed by atoms with Gasteiger partial charge in [-0.05, 0) is 67.8 Å². The number of nitrogens with zero attached hydrogens (tertiary/aromatic N) is 1. The van der Waals surface area contributed by atoms with Crippen molar-refractivity contribution in [2.45, 2.75) is 56.5 Å². The van der Waals surface area contributed by atoms with Gasteiger partial charge in [0.2, 0.25) is 5.91 Å². The highest BCUT2D eigenvalue weighted by Gasteiger charge is 2.47. The van der Waals surface area contributed by atoms with Gasteiger partial charge >= 0.3 is 0 Å². The number of amides is 1. The number of fused-ring (bicyclic) bond motifs is 1. The third-order valence-electron chi connectivity index (χ3n) is 7.23. The van der Waals surface area contributed by atoms with Gasteiger partial charge in [-0.1, -0.05) is 54.1 Å². The summed E-state index contributed by atoms with van der Waals surface area (Å²) in [4.78, 5) is 15.3. The van der Waals surface area contributed by atoms with Crippen molar-refractivity contribution in [2.24, 2.45) is 5.92 Å². The molecule has 2 aromatic rings. The second-order valence-corrected chi connectivity index (χ2v) is 9.60. The summed E-state index contributed by atoms with van der Waals surface area (Å²) in [5.41, 5.74) is 2.63. The number of likely N-dealkylation sites (tertiary alicyclic amines) is 1. The van der Waals surface area contributed by atoms with Crippen molar-refractivity contribution < 1.29 is 9.53 Å². The zero-order valence-corrected chi connectivity index (χ0v) is 19.8. The van der Waals surface area contributed by atoms with Crippen molar-refractivity contribution in [2.75, 3.05) is 26.8 Å². The maximum Gasteiger partial charge on any atom is 0.223 e. The average Bonchev–Trinajstić information content (AvgIpc) is 2.82. The topological polar surface area (TPSA) is 41.6 Å². The van der Waals surface area contributed by atoms with E-state index in [1.165, 1.54) is 17.5 Å². The van der Waals surface area contributed by atoms with Crippen molar-refractivity contribution in [1.29, 1.82) is 0 Å². The largest absolute Gasteiger partial charge is 0.383 e. The molecular formula is C27H35ClN2O2. The van der Waals surface area contributed by atoms with Crippen LogP contribution in [0.25, 0.3) is 0 Å². The van der Waals surface area contributed by atoms with Gasteiger partial charge in [0.25, 0.3) is 0 Å². The lowest BCUT2D eigenvalue weighted by Crippen LogP contribution is -2.60. The van der Waals surface area contributed by atoms with E-state index in [2.05, 4.69) is 52.7 Å². The molecule has 172 valence electrons. The summed E-state index contributed by atoms with van der Waals surface area (Å²) in [6.07, 6.45) is 6.18. The van der Waals surface area contributed by atoms with Crippen LogP contribution >= 0.6 is 11.6 Å². The number of rotatable bonds is 9. The summed E-state index contributed by atoms with van der Waals surface area (Å²) in [5, 5.41) is 4.64. The molecule has 1 amide bonds. The monoisotopic (exact) mass is 454 g/mol. The average molecular weight is 455 g/mol. The van der Waals surface area contributed by atoms with Crippen LogP contribution in [0.3, 0.4) is 0 Å². The van der Waals surface area contributed by atoms with E-state index in [4.69, 9.17) is 16.3 Å². The minimum atomic E-state index is 0.232. The predicted octanol–water partition coefficient (Wildman–Crippen LogP) is 5.06. The Kier molecular flexibility index (Phi) is 8.23. The first kappa shape index (κ1) is 23.3. The number of carbonyl (C=O) groups excluding carboxylic acids is 1. The molecule has 4 rings (SSSR count). The normalized spacial score (nSPS) is 25.6. The zero-order chi connectivity index (χ0) is 22.3. The number of halogens is 1. The van der Waals surface area contributed by atoms with E-state index in [0.29, 0.717) is 31.5 Å². The van der Waals surface area contributed by atoms with Crippen LogP contribution in [0, 0.1) is 5.92 Å². The lowest BCUT2D eigenvalue weighted by molar-refractivity contribution is -0.143. The minimum Gasteiger partial charge on any atom is -0.383 e. The van der Waals surface area contributed by atoms with Crippen LogP contribution in [0.1, 0.15) is 49.1 Å². The molecule has 1 saturated carbocycles. The Bertz CT molecular complexity index is 858. The van der Waals surface area contributed by atoms with Gasteiger partial charge in [0, 0.05) is 43.1 Å². The molecule has 1 N–H and O–H groups in total. The van der Waals surface area contributed by atoms with Crippen molar-refractivity contribution >= 4 is 17.5 Å². The molecule has 0 bridgehead atoms. The summed E-state index contributed by atoms with van der Waals surface area (Å²) in [6.45, 7) is 2.28. The molecule has 5 heteroatoms. The molecule has 0 unspecified atom stereocenters. The molecule has 2 fully saturated rings. The van der Waals surface area contributed by atoms with Gasteiger partial charge in [-0.25, -0.2) is 0 Å². The second-order valence-electron chi connectivity index (χ2n) is 9.17. The van der Waals surface area contributed by atoms with Crippen LogP contribution in [0.5, 0.6) is 0 Å². The molecule has 2 aliphatic rings. The lowest BCUT2D eigenvalue weighted by Gasteiger charge is -2.51. The Morgan fingerprint density at radius 3 is 2.62 bits per heavy atom. The van der Waals surface area contributed by atoms with Crippen LogP contribution < -0.4 is 5.32 Å². The summed E-state index contributed by atoms with van der Waals surface area (Å²) in [5.74, 6) is 0.902. The van der Waals surface area contributed by atoms with E-state index in [1.54, 1.807) is 7.11 Å². The molecule has 1 heterocycles. The number of benzene rings is 2. The number of methoxy groups -OCH3 is 1. The van der Waals surface area contributed by atoms with E-state index >= 15 is 0 Å². The number of piperidine rings is 1. The molecule has 32 heavy (non-hydrogen) atoms. The molecule has 1 aliphatic heterocycles. The molecule has 0 spiro atoms. The van der Waals surface area contributed by atoms with Gasteiger partial charge in [0.05, 0.1) is 6.61 Å². The van der Waals surface area contributed by atoms with Gasteiger partial charge < -0.3 is 15.0 Å². The van der Waals surface area contributed by atoms with E-state index in [0.717, 1.165) is 37.3 Å². The van der Waals surface area contributed by atoms with Crippen molar-refractivity contribution in [1.82, 2.24) is 10.2 Å². The molecule has 4 atom stereocenters. The number of hydrogen-bond acceptors (Lipinski definition) is 3. The molecule has 2 aromatic carbocycles. The van der Waals surface area contributed by atoms with E-state index in [-0.39, 0.29) is 17.9 Å². The number of ether oxygens (including phenoxy) is 1. The van der Waals surface area contributed by atoms with E-state index in [1.807, 2.05) is 12.1 Å². The smallest absolute Gasteiger partial charge is 0.223 e. The highest BCUT2D eigenvalue weighted by Crippen LogP contribution is 2.44. The molecular weight excluding hydrogens is 420 g/mol. The lowest BCUT2D eigenvalue weighted by atomic mass is 9.66. The Labute approximate surface area is 197 Å². The summed E-state index contributed by atoms with van der Waals surface area (Å²) in [6, 6.07) is 19.5. The Hall–Kier alpha value is -1.88. The Balaban J connectivity index is 1.49. The van der Waals surface area contributed by atoms with Gasteiger partial charge in [0.15, 0.2) is 0 Å². The minimum absolute atomic E-state index is 0.232. The zero-order valence-electron chi connectivity index (χ0n) is 19.0. The van der Waals surface area contributed by atoms with Gasteiger partial charge in [-0.3, -0.25) is 4.79 Å². The van der Waals surface area contributed by atoms with Gasteiger partial charge in [-0.15, -0.1) is 0 Å². The fourth-order valence-corrected chi connectivity index (χ4v) is 5.86. The van der Waals surface area contributed by atoms with Crippen molar-refractivity contribution in [3.8, 4) is 0 Å². The van der Waals surface area contributed by atoms with E-state index < -0.39 is 0 Å². The molecule has 1 aliphatic carbocycles. The fourth-order valence-electron chi connectivity index (χ4n) is 5.73. The quantitative estimate of drug-likeness (QED) is 0.538. The van der Waals surface area contributed by atoms with Gasteiger partial charge in [-0.2, -0.15) is 0 Å². The molecule has 4 nitrogen and oxygen atoms in total. The van der Waals surface area contributed by atoms with Crippen LogP contribution in [-0.2, 0) is 16.0 Å². The first-order valence-electron chi connectivity index (χ1n) is 12.0. The first-order chi connectivity index (χ1) is 15.7.